The molecule has 4 rings (SSSR count). The number of likely N-dealkylation sites (tertiary alicyclic amines) is 1. The summed E-state index contributed by atoms with van der Waals surface area (Å²) in [5.41, 5.74) is 1.32. The number of carbonyl (C=O) groups is 1. The third-order valence-electron chi connectivity index (χ3n) is 6.59. The quantitative estimate of drug-likeness (QED) is 0.485. The molecule has 182 valence electrons. The van der Waals surface area contributed by atoms with Crippen LogP contribution in [0.15, 0.2) is 48.9 Å². The minimum Gasteiger partial charge on any atom is -0.497 e. The molecule has 1 N–H and O–H groups in total. The molecule has 2 aromatic heterocycles. The second kappa shape index (κ2) is 11.7. The van der Waals surface area contributed by atoms with Crippen LogP contribution >= 0.6 is 0 Å². The summed E-state index contributed by atoms with van der Waals surface area (Å²) in [4.78, 5) is 26.2. The Labute approximate surface area is 204 Å². The van der Waals surface area contributed by atoms with Crippen LogP contribution in [-0.2, 0) is 4.79 Å². The molecule has 3 aromatic rings. The summed E-state index contributed by atoms with van der Waals surface area (Å²) in [5.74, 6) is 6.44. The monoisotopic (exact) mass is 476 g/mol. The fourth-order valence-electron chi connectivity index (χ4n) is 4.79. The lowest BCUT2D eigenvalue weighted by molar-refractivity contribution is -0.139. The van der Waals surface area contributed by atoms with E-state index in [0.717, 1.165) is 23.9 Å². The van der Waals surface area contributed by atoms with Gasteiger partial charge in [-0.1, -0.05) is 5.92 Å². The van der Waals surface area contributed by atoms with E-state index in [1.165, 1.54) is 0 Å². The minimum absolute atomic E-state index is 0.0440. The van der Waals surface area contributed by atoms with E-state index in [2.05, 4.69) is 31.7 Å². The van der Waals surface area contributed by atoms with E-state index in [1.807, 2.05) is 18.2 Å². The Bertz CT molecular complexity index is 1210. The zero-order valence-corrected chi connectivity index (χ0v) is 19.7. The average Bonchev–Trinajstić information content (AvgIpc) is 2.87. The highest BCUT2D eigenvalue weighted by molar-refractivity contribution is 5.83. The van der Waals surface area contributed by atoms with Gasteiger partial charge in [0.1, 0.15) is 11.9 Å². The van der Waals surface area contributed by atoms with Gasteiger partial charge in [-0.2, -0.15) is 0 Å². The standard InChI is InChI=1S/C27H29FN4O3/c1-35-21-6-8-25-23(17-21)22(9-13-29-25)24(28)7-5-19-10-15-32(18-20(19)16-27(33)34)14-2-4-26-30-11-3-12-31-26/h3,6,8-9,11-13,17,19-20,24H,5,7,10,14-16,18H2,1H3,(H,33,34)/t19-,20+,24-/m1/s1. The summed E-state index contributed by atoms with van der Waals surface area (Å²) in [5, 5.41) is 10.2. The van der Waals surface area contributed by atoms with E-state index in [1.54, 1.807) is 37.8 Å². The van der Waals surface area contributed by atoms with E-state index >= 15 is 4.39 Å². The van der Waals surface area contributed by atoms with Crippen molar-refractivity contribution in [2.75, 3.05) is 26.7 Å². The number of halogens is 1. The number of ether oxygens (including phenoxy) is 1. The van der Waals surface area contributed by atoms with Crippen molar-refractivity contribution < 1.29 is 19.0 Å². The van der Waals surface area contributed by atoms with Gasteiger partial charge in [-0.05, 0) is 79.5 Å². The average molecular weight is 477 g/mol. The van der Waals surface area contributed by atoms with Gasteiger partial charge < -0.3 is 9.84 Å². The first-order valence-corrected chi connectivity index (χ1v) is 11.8. The molecule has 3 atom stereocenters. The Kier molecular flexibility index (Phi) is 8.22. The van der Waals surface area contributed by atoms with Gasteiger partial charge >= 0.3 is 5.97 Å². The number of carboxylic acid groups (broad SMARTS) is 1. The number of benzene rings is 1. The highest BCUT2D eigenvalue weighted by atomic mass is 19.1. The molecular formula is C27H29FN4O3. The maximum absolute atomic E-state index is 15.4. The van der Waals surface area contributed by atoms with E-state index in [4.69, 9.17) is 4.74 Å². The molecule has 0 bridgehead atoms. The van der Waals surface area contributed by atoms with Crippen molar-refractivity contribution in [2.45, 2.75) is 31.9 Å². The van der Waals surface area contributed by atoms with Crippen molar-refractivity contribution in [3.05, 3.63) is 60.3 Å². The molecule has 1 aliphatic heterocycles. The van der Waals surface area contributed by atoms with Crippen LogP contribution in [0.25, 0.3) is 10.9 Å². The molecule has 7 nitrogen and oxygen atoms in total. The molecule has 35 heavy (non-hydrogen) atoms. The van der Waals surface area contributed by atoms with Gasteiger partial charge in [-0.15, -0.1) is 0 Å². The lowest BCUT2D eigenvalue weighted by Crippen LogP contribution is -2.41. The minimum atomic E-state index is -1.16. The number of hydrogen-bond acceptors (Lipinski definition) is 6. The summed E-state index contributed by atoms with van der Waals surface area (Å²) in [6.45, 7) is 1.96. The largest absolute Gasteiger partial charge is 0.497 e. The first-order valence-electron chi connectivity index (χ1n) is 11.8. The fourth-order valence-corrected chi connectivity index (χ4v) is 4.79. The Morgan fingerprint density at radius 1 is 1.23 bits per heavy atom. The Morgan fingerprint density at radius 2 is 2.06 bits per heavy atom. The predicted molar refractivity (Wildman–Crippen MR) is 131 cm³/mol. The Balaban J connectivity index is 1.39. The number of pyridine rings is 1. The van der Waals surface area contributed by atoms with Crippen molar-refractivity contribution >= 4 is 16.9 Å². The van der Waals surface area contributed by atoms with Crippen LogP contribution in [0.1, 0.15) is 43.2 Å². The Hall–Kier alpha value is -3.57. The van der Waals surface area contributed by atoms with Crippen LogP contribution < -0.4 is 4.74 Å². The third-order valence-corrected chi connectivity index (χ3v) is 6.59. The van der Waals surface area contributed by atoms with Gasteiger partial charge in [0.2, 0.25) is 5.82 Å². The zero-order valence-electron chi connectivity index (χ0n) is 19.7. The lowest BCUT2D eigenvalue weighted by atomic mass is 9.79. The van der Waals surface area contributed by atoms with Crippen molar-refractivity contribution in [3.63, 3.8) is 0 Å². The maximum Gasteiger partial charge on any atom is 0.303 e. The fraction of sp³-hybridized carbons (Fsp3) is 0.407. The zero-order chi connectivity index (χ0) is 24.6. The van der Waals surface area contributed by atoms with Crippen molar-refractivity contribution in [1.29, 1.82) is 0 Å². The molecule has 0 aliphatic carbocycles. The van der Waals surface area contributed by atoms with Crippen LogP contribution in [0.3, 0.4) is 0 Å². The number of fused-ring (bicyclic) bond motifs is 1. The molecule has 0 radical (unpaired) electrons. The summed E-state index contributed by atoms with van der Waals surface area (Å²) in [6.07, 6.45) is 5.62. The van der Waals surface area contributed by atoms with Crippen molar-refractivity contribution in [2.24, 2.45) is 11.8 Å². The molecule has 0 saturated carbocycles. The van der Waals surface area contributed by atoms with Crippen LogP contribution in [-0.4, -0.2) is 57.7 Å². The second-order valence-electron chi connectivity index (χ2n) is 8.84. The van der Waals surface area contributed by atoms with Gasteiger partial charge in [0.05, 0.1) is 19.2 Å². The predicted octanol–water partition coefficient (Wildman–Crippen LogP) is 4.29. The highest BCUT2D eigenvalue weighted by Crippen LogP contribution is 2.36. The number of methoxy groups -OCH3 is 1. The SMILES string of the molecule is COc1ccc2nccc([C@H](F)CC[C@@H]3CCN(CC#Cc4ncccn4)C[C@@H]3CC(=O)O)c2c1. The van der Waals surface area contributed by atoms with Gasteiger partial charge in [0.25, 0.3) is 0 Å². The number of alkyl halides is 1. The van der Waals surface area contributed by atoms with E-state index in [0.29, 0.717) is 43.1 Å². The first kappa shape index (κ1) is 24.6. The molecule has 1 aromatic carbocycles. The molecule has 0 unspecified atom stereocenters. The number of carboxylic acids is 1. The highest BCUT2D eigenvalue weighted by Gasteiger charge is 2.31. The van der Waals surface area contributed by atoms with Gasteiger partial charge in [0.15, 0.2) is 0 Å². The molecule has 8 heteroatoms. The van der Waals surface area contributed by atoms with Crippen LogP contribution in [0.4, 0.5) is 4.39 Å². The van der Waals surface area contributed by atoms with Crippen LogP contribution in [0, 0.1) is 23.7 Å². The molecule has 1 fully saturated rings. The van der Waals surface area contributed by atoms with Crippen LogP contribution in [0.5, 0.6) is 5.75 Å². The molecule has 0 amide bonds. The topological polar surface area (TPSA) is 88.4 Å². The number of hydrogen-bond donors (Lipinski definition) is 1. The maximum atomic E-state index is 15.4. The van der Waals surface area contributed by atoms with E-state index in [9.17, 15) is 9.90 Å². The smallest absolute Gasteiger partial charge is 0.303 e. The third kappa shape index (κ3) is 6.52. The normalized spacial score (nSPS) is 19.0. The van der Waals surface area contributed by atoms with Gasteiger partial charge in [-0.3, -0.25) is 14.7 Å². The molecule has 3 heterocycles. The van der Waals surface area contributed by atoms with Gasteiger partial charge in [0, 0.05) is 36.9 Å². The van der Waals surface area contributed by atoms with Crippen molar-refractivity contribution in [3.8, 4) is 17.6 Å². The summed E-state index contributed by atoms with van der Waals surface area (Å²) >= 11 is 0. The van der Waals surface area contributed by atoms with Crippen LogP contribution in [0.2, 0.25) is 0 Å². The summed E-state index contributed by atoms with van der Waals surface area (Å²) in [7, 11) is 1.58. The summed E-state index contributed by atoms with van der Waals surface area (Å²) in [6, 6.07) is 8.92. The molecule has 1 aliphatic rings. The van der Waals surface area contributed by atoms with E-state index < -0.39 is 12.1 Å². The number of nitrogens with zero attached hydrogens (tertiary/aromatic N) is 4. The first-order chi connectivity index (χ1) is 17.0. The number of piperidine rings is 1. The Morgan fingerprint density at radius 3 is 2.83 bits per heavy atom. The lowest BCUT2D eigenvalue weighted by Gasteiger charge is -2.37. The molecule has 0 spiro atoms. The second-order valence-corrected chi connectivity index (χ2v) is 8.84. The number of rotatable bonds is 8. The van der Waals surface area contributed by atoms with E-state index in [-0.39, 0.29) is 18.3 Å². The molecule has 1 saturated heterocycles. The van der Waals surface area contributed by atoms with Gasteiger partial charge in [-0.25, -0.2) is 14.4 Å². The molecular weight excluding hydrogens is 447 g/mol. The number of aliphatic carboxylic acids is 1. The van der Waals surface area contributed by atoms with Crippen molar-refractivity contribution in [1.82, 2.24) is 19.9 Å². The summed E-state index contributed by atoms with van der Waals surface area (Å²) < 4.78 is 20.7. The number of aromatic nitrogens is 3.